The molecule has 0 saturated carbocycles. The van der Waals surface area contributed by atoms with E-state index in [9.17, 15) is 10.1 Å². The van der Waals surface area contributed by atoms with E-state index in [1.807, 2.05) is 6.07 Å². The number of hydrogen-bond acceptors (Lipinski definition) is 8. The number of nitriles is 1. The number of nitro groups is 1. The summed E-state index contributed by atoms with van der Waals surface area (Å²) in [5, 5.41) is 22.9. The Hall–Kier alpha value is -2.96. The van der Waals surface area contributed by atoms with E-state index >= 15 is 0 Å². The van der Waals surface area contributed by atoms with Crippen LogP contribution in [0.4, 0.5) is 23.0 Å². The number of nitrogens with one attached hydrogen (secondary N) is 2. The predicted molar refractivity (Wildman–Crippen MR) is 75.9 cm³/mol. The summed E-state index contributed by atoms with van der Waals surface area (Å²) in [6, 6.07) is 6.41. The van der Waals surface area contributed by atoms with Crippen LogP contribution in [-0.2, 0) is 0 Å². The Balaban J connectivity index is 2.50. The Bertz CT molecular complexity index is 744. The third-order valence-electron chi connectivity index (χ3n) is 2.49. The number of hydrogen-bond donors (Lipinski definition) is 3. The first-order chi connectivity index (χ1) is 10.1. The molecule has 9 nitrogen and oxygen atoms in total. The molecule has 0 unspecified atom stereocenters. The van der Waals surface area contributed by atoms with Crippen molar-refractivity contribution in [2.75, 3.05) is 10.7 Å². The largest absolute Gasteiger partial charge is 0.354 e. The van der Waals surface area contributed by atoms with Crippen molar-refractivity contribution in [2.24, 2.45) is 5.84 Å². The average molecular weight is 306 g/mol. The van der Waals surface area contributed by atoms with Gasteiger partial charge in [-0.25, -0.2) is 15.8 Å². The molecule has 4 N–H and O–H groups in total. The van der Waals surface area contributed by atoms with Crippen LogP contribution in [0.15, 0.2) is 24.5 Å². The van der Waals surface area contributed by atoms with E-state index in [2.05, 4.69) is 20.7 Å². The lowest BCUT2D eigenvalue weighted by atomic mass is 10.2. The minimum absolute atomic E-state index is 0.0973. The summed E-state index contributed by atoms with van der Waals surface area (Å²) in [6.45, 7) is 0. The molecule has 2 rings (SSSR count). The first-order valence-corrected chi connectivity index (χ1v) is 5.87. The summed E-state index contributed by atoms with van der Waals surface area (Å²) in [4.78, 5) is 17.9. The van der Waals surface area contributed by atoms with Gasteiger partial charge in [-0.2, -0.15) is 5.26 Å². The minimum Gasteiger partial charge on any atom is -0.333 e. The summed E-state index contributed by atoms with van der Waals surface area (Å²) in [5.41, 5.74) is 2.34. The molecule has 106 valence electrons. The molecule has 0 saturated heterocycles. The van der Waals surface area contributed by atoms with Crippen molar-refractivity contribution >= 4 is 34.6 Å². The van der Waals surface area contributed by atoms with Gasteiger partial charge < -0.3 is 10.7 Å². The van der Waals surface area contributed by atoms with Crippen molar-refractivity contribution in [3.63, 3.8) is 0 Å². The lowest BCUT2D eigenvalue weighted by Gasteiger charge is -2.09. The van der Waals surface area contributed by atoms with E-state index in [1.165, 1.54) is 18.2 Å². The van der Waals surface area contributed by atoms with E-state index < -0.39 is 10.6 Å². The number of hydrazine groups is 1. The van der Waals surface area contributed by atoms with Crippen molar-refractivity contribution in [3.8, 4) is 6.07 Å². The zero-order chi connectivity index (χ0) is 15.4. The van der Waals surface area contributed by atoms with E-state index in [4.69, 9.17) is 22.7 Å². The quantitative estimate of drug-likeness (QED) is 0.441. The molecule has 0 amide bonds. The smallest absolute Gasteiger partial charge is 0.333 e. The first-order valence-electron chi connectivity index (χ1n) is 5.49. The summed E-state index contributed by atoms with van der Waals surface area (Å²) >= 11 is 5.98. The Morgan fingerprint density at radius 3 is 2.71 bits per heavy atom. The summed E-state index contributed by atoms with van der Waals surface area (Å²) in [5.74, 6) is 4.94. The number of nitrogens with two attached hydrogens (primary N) is 1. The Kier molecular flexibility index (Phi) is 4.13. The Morgan fingerprint density at radius 2 is 2.10 bits per heavy atom. The molecule has 2 aromatic rings. The highest BCUT2D eigenvalue weighted by molar-refractivity contribution is 6.33. The molecule has 10 heteroatoms. The summed E-state index contributed by atoms with van der Waals surface area (Å²) < 4.78 is 0. The molecule has 1 aromatic carbocycles. The molecule has 0 aliphatic rings. The number of nitrogens with zero attached hydrogens (tertiary/aromatic N) is 4. The molecule has 0 aliphatic carbocycles. The minimum atomic E-state index is -0.681. The average Bonchev–Trinajstić information content (AvgIpc) is 2.48. The highest BCUT2D eigenvalue weighted by Crippen LogP contribution is 2.33. The normalized spacial score (nSPS) is 9.76. The standard InChI is InChI=1S/C11H8ClN7O2/c12-7-2-1-6(4-13)3-8(7)17-10-9(19(20)21)11(18-14)16-5-15-10/h1-3,5H,14H2,(H2,15,16,17,18). The number of aromatic nitrogens is 2. The van der Waals surface area contributed by atoms with Crippen LogP contribution in [0.2, 0.25) is 5.02 Å². The second-order valence-electron chi connectivity index (χ2n) is 3.75. The zero-order valence-electron chi connectivity index (χ0n) is 10.4. The van der Waals surface area contributed by atoms with Gasteiger partial charge in [-0.05, 0) is 18.2 Å². The zero-order valence-corrected chi connectivity index (χ0v) is 11.1. The van der Waals surface area contributed by atoms with Crippen LogP contribution < -0.4 is 16.6 Å². The first kappa shape index (κ1) is 14.4. The highest BCUT2D eigenvalue weighted by Gasteiger charge is 2.23. The van der Waals surface area contributed by atoms with Crippen LogP contribution in [-0.4, -0.2) is 14.9 Å². The van der Waals surface area contributed by atoms with E-state index in [-0.39, 0.29) is 16.7 Å². The van der Waals surface area contributed by atoms with Crippen LogP contribution in [0.5, 0.6) is 0 Å². The molecule has 0 radical (unpaired) electrons. The number of anilines is 3. The molecule has 0 fully saturated rings. The molecule has 1 aromatic heterocycles. The van der Waals surface area contributed by atoms with Crippen LogP contribution >= 0.6 is 11.6 Å². The third-order valence-corrected chi connectivity index (χ3v) is 2.82. The predicted octanol–water partition coefficient (Wildman–Crippen LogP) is 1.94. The monoisotopic (exact) mass is 305 g/mol. The van der Waals surface area contributed by atoms with Gasteiger partial charge in [0.25, 0.3) is 0 Å². The molecular weight excluding hydrogens is 298 g/mol. The lowest BCUT2D eigenvalue weighted by Crippen LogP contribution is -2.12. The van der Waals surface area contributed by atoms with Crippen molar-refractivity contribution in [1.29, 1.82) is 5.26 Å². The second kappa shape index (κ2) is 6.00. The van der Waals surface area contributed by atoms with Gasteiger partial charge in [0.05, 0.1) is 27.3 Å². The van der Waals surface area contributed by atoms with Crippen molar-refractivity contribution in [2.45, 2.75) is 0 Å². The fraction of sp³-hybridized carbons (Fsp3) is 0. The van der Waals surface area contributed by atoms with Crippen LogP contribution in [0, 0.1) is 21.4 Å². The Morgan fingerprint density at radius 1 is 1.38 bits per heavy atom. The number of halogens is 1. The molecule has 21 heavy (non-hydrogen) atoms. The van der Waals surface area contributed by atoms with E-state index in [0.717, 1.165) is 6.33 Å². The number of nitrogen functional groups attached to an aromatic ring is 1. The van der Waals surface area contributed by atoms with Crippen LogP contribution in [0.1, 0.15) is 5.56 Å². The fourth-order valence-electron chi connectivity index (χ4n) is 1.57. The summed E-state index contributed by atoms with van der Waals surface area (Å²) in [6.07, 6.45) is 1.10. The van der Waals surface area contributed by atoms with Gasteiger partial charge in [0.1, 0.15) is 6.33 Å². The fourth-order valence-corrected chi connectivity index (χ4v) is 1.73. The molecular formula is C11H8ClN7O2. The van der Waals surface area contributed by atoms with E-state index in [0.29, 0.717) is 11.3 Å². The van der Waals surface area contributed by atoms with Crippen molar-refractivity contribution < 1.29 is 4.92 Å². The maximum Gasteiger partial charge on any atom is 0.354 e. The summed E-state index contributed by atoms with van der Waals surface area (Å²) in [7, 11) is 0. The number of rotatable bonds is 4. The maximum atomic E-state index is 11.1. The molecule has 0 aliphatic heterocycles. The van der Waals surface area contributed by atoms with E-state index in [1.54, 1.807) is 0 Å². The van der Waals surface area contributed by atoms with Gasteiger partial charge in [0.15, 0.2) is 0 Å². The van der Waals surface area contributed by atoms with Crippen LogP contribution in [0.25, 0.3) is 0 Å². The van der Waals surface area contributed by atoms with Crippen molar-refractivity contribution in [1.82, 2.24) is 9.97 Å². The van der Waals surface area contributed by atoms with Gasteiger partial charge in [-0.15, -0.1) is 0 Å². The van der Waals surface area contributed by atoms with Gasteiger partial charge in [0.2, 0.25) is 11.6 Å². The SMILES string of the molecule is N#Cc1ccc(Cl)c(Nc2ncnc(NN)c2[N+](=O)[O-])c1. The molecule has 0 atom stereocenters. The van der Waals surface area contributed by atoms with Gasteiger partial charge in [-0.1, -0.05) is 11.6 Å². The molecule has 1 heterocycles. The van der Waals surface area contributed by atoms with Crippen molar-refractivity contribution in [3.05, 3.63) is 45.2 Å². The highest BCUT2D eigenvalue weighted by atomic mass is 35.5. The number of benzene rings is 1. The molecule has 0 spiro atoms. The second-order valence-corrected chi connectivity index (χ2v) is 4.16. The van der Waals surface area contributed by atoms with Crippen LogP contribution in [0.3, 0.4) is 0 Å². The topological polar surface area (TPSA) is 143 Å². The van der Waals surface area contributed by atoms with Gasteiger partial charge >= 0.3 is 5.69 Å². The lowest BCUT2D eigenvalue weighted by molar-refractivity contribution is -0.383. The van der Waals surface area contributed by atoms with Gasteiger partial charge in [0, 0.05) is 0 Å². The molecule has 0 bridgehead atoms. The van der Waals surface area contributed by atoms with Gasteiger partial charge in [-0.3, -0.25) is 10.1 Å². The Labute approximate surface area is 123 Å². The maximum absolute atomic E-state index is 11.1. The third kappa shape index (κ3) is 2.97.